The normalized spacial score (nSPS) is 14.1. The number of nitrogen functional groups attached to an aromatic ring is 1. The Labute approximate surface area is 465 Å². The van der Waals surface area contributed by atoms with Gasteiger partial charge in [0.05, 0.1) is 41.1 Å². The molecule has 0 amide bonds. The van der Waals surface area contributed by atoms with Gasteiger partial charge in [-0.15, -0.1) is 30.7 Å². The zero-order chi connectivity index (χ0) is 61.5. The summed E-state index contributed by atoms with van der Waals surface area (Å²) in [7, 11) is -33.6. The first kappa shape index (κ1) is 63.7. The van der Waals surface area contributed by atoms with Gasteiger partial charge in [0, 0.05) is 22.9 Å². The minimum atomic E-state index is -5.29. The van der Waals surface area contributed by atoms with Crippen LogP contribution in [0, 0.1) is 13.8 Å². The standard InChI is InChI=1S/C42H41N9O24S7/c1-20-13-33(35(72-5)18-31(20)46-44-29-11-7-24(15-37(29)78(57,58)59)76(53,54)22(3)74-81(66,67)68)48-50-40-27-17-39(80(63,64)65)41(42(52)26(27)9-10-28(40)43)51-49-34-14-21(2)32(19-36(34)73-6)47-45-30-12-8-25(16-38(30)79(60,61)62)77(55,56)23(4)75-82(69,70)71/h7-19,22-23,52H,43H2,1-6H3,(H,57,58,59)(H,60,61,62)(H,63,64,65)(H,66,67,68)(H,69,70,71). The van der Waals surface area contributed by atoms with Crippen LogP contribution in [0.5, 0.6) is 17.2 Å². The van der Waals surface area contributed by atoms with Crippen molar-refractivity contribution in [3.05, 3.63) is 90.0 Å². The second-order valence-electron chi connectivity index (χ2n) is 16.5. The number of rotatable bonds is 21. The number of benzene rings is 6. The molecule has 0 fully saturated rings. The van der Waals surface area contributed by atoms with Gasteiger partial charge in [-0.05, 0) is 106 Å². The predicted molar refractivity (Wildman–Crippen MR) is 283 cm³/mol. The minimum absolute atomic E-state index is 0.0200. The van der Waals surface area contributed by atoms with Gasteiger partial charge in [-0.1, -0.05) is 0 Å². The van der Waals surface area contributed by atoms with Crippen LogP contribution in [-0.2, 0) is 79.2 Å². The number of anilines is 1. The third-order valence-corrected chi connectivity index (χ3v) is 18.7. The zero-order valence-corrected chi connectivity index (χ0v) is 47.9. The van der Waals surface area contributed by atoms with Gasteiger partial charge in [0.2, 0.25) is 19.7 Å². The van der Waals surface area contributed by atoms with Gasteiger partial charge >= 0.3 is 20.8 Å². The van der Waals surface area contributed by atoms with E-state index >= 15 is 0 Å². The average molecular weight is 1280 g/mol. The number of phenols is 1. The van der Waals surface area contributed by atoms with Crippen molar-refractivity contribution in [3.63, 3.8) is 0 Å². The third kappa shape index (κ3) is 14.6. The highest BCUT2D eigenvalue weighted by Gasteiger charge is 2.33. The maximum absolute atomic E-state index is 12.9. The Morgan fingerprint density at radius 2 is 0.793 bits per heavy atom. The molecule has 6 rings (SSSR count). The van der Waals surface area contributed by atoms with Crippen molar-refractivity contribution in [3.8, 4) is 17.2 Å². The van der Waals surface area contributed by atoms with Crippen LogP contribution in [0.2, 0.25) is 0 Å². The molecule has 440 valence electrons. The van der Waals surface area contributed by atoms with Crippen molar-refractivity contribution in [1.82, 2.24) is 0 Å². The summed E-state index contributed by atoms with van der Waals surface area (Å²) in [6.07, 6.45) is 0. The summed E-state index contributed by atoms with van der Waals surface area (Å²) in [5.74, 6) is -1.11. The average Bonchev–Trinajstić information content (AvgIpc) is 3.57. The van der Waals surface area contributed by atoms with E-state index in [1.54, 1.807) is 0 Å². The van der Waals surface area contributed by atoms with Crippen LogP contribution < -0.4 is 15.2 Å². The van der Waals surface area contributed by atoms with Crippen LogP contribution >= 0.6 is 0 Å². The highest BCUT2D eigenvalue weighted by atomic mass is 32.3. The molecule has 0 aliphatic rings. The first-order valence-electron chi connectivity index (χ1n) is 21.8. The largest absolute Gasteiger partial charge is 0.505 e. The van der Waals surface area contributed by atoms with E-state index in [-0.39, 0.29) is 67.5 Å². The lowest BCUT2D eigenvalue weighted by Crippen LogP contribution is -2.24. The molecule has 6 aromatic rings. The molecule has 0 aliphatic heterocycles. The van der Waals surface area contributed by atoms with E-state index in [4.69, 9.17) is 24.3 Å². The molecule has 2 atom stereocenters. The Morgan fingerprint density at radius 3 is 1.16 bits per heavy atom. The monoisotopic (exact) mass is 1280 g/mol. The van der Waals surface area contributed by atoms with Crippen LogP contribution in [0.3, 0.4) is 0 Å². The summed E-state index contributed by atoms with van der Waals surface area (Å²) in [6, 6.07) is 12.5. The molecular formula is C42H41N9O24S7. The number of nitrogens with two attached hydrogens (primary N) is 1. The number of hydrogen-bond acceptors (Lipinski definition) is 28. The van der Waals surface area contributed by atoms with E-state index in [2.05, 4.69) is 49.3 Å². The summed E-state index contributed by atoms with van der Waals surface area (Å²) < 4.78 is 238. The fourth-order valence-electron chi connectivity index (χ4n) is 7.02. The number of aryl methyl sites for hydroxylation is 2. The van der Waals surface area contributed by atoms with Crippen molar-refractivity contribution in [1.29, 1.82) is 0 Å². The smallest absolute Gasteiger partial charge is 0.398 e. The first-order chi connectivity index (χ1) is 37.7. The topological polar surface area (TPSA) is 522 Å². The van der Waals surface area contributed by atoms with Crippen molar-refractivity contribution in [2.24, 2.45) is 40.9 Å². The number of sulfone groups is 2. The Bertz CT molecular complexity index is 4580. The number of nitrogens with zero attached hydrogens (tertiary/aromatic N) is 8. The van der Waals surface area contributed by atoms with E-state index in [0.29, 0.717) is 12.1 Å². The number of azo groups is 4. The summed E-state index contributed by atoms with van der Waals surface area (Å²) in [5.41, 5.74) is -0.509. The van der Waals surface area contributed by atoms with Crippen molar-refractivity contribution in [2.45, 2.75) is 63.0 Å². The summed E-state index contributed by atoms with van der Waals surface area (Å²) in [6.45, 7) is 4.37. The third-order valence-electron chi connectivity index (χ3n) is 11.0. The van der Waals surface area contributed by atoms with Gasteiger partial charge in [-0.2, -0.15) is 52.3 Å². The predicted octanol–water partition coefficient (Wildman–Crippen LogP) is 8.04. The van der Waals surface area contributed by atoms with Crippen molar-refractivity contribution < 1.29 is 105 Å². The molecular weight excluding hydrogens is 1240 g/mol. The van der Waals surface area contributed by atoms with Crippen LogP contribution in [0.1, 0.15) is 25.0 Å². The maximum atomic E-state index is 12.9. The van der Waals surface area contributed by atoms with Gasteiger partial charge < -0.3 is 20.3 Å². The maximum Gasteiger partial charge on any atom is 0.398 e. The van der Waals surface area contributed by atoms with Gasteiger partial charge in [0.1, 0.15) is 60.3 Å². The van der Waals surface area contributed by atoms with E-state index in [1.165, 1.54) is 57.4 Å². The molecule has 0 heterocycles. The van der Waals surface area contributed by atoms with Crippen LogP contribution in [-0.4, -0.2) is 112 Å². The molecule has 33 nitrogen and oxygen atoms in total. The number of aromatic hydroxyl groups is 1. The lowest BCUT2D eigenvalue weighted by Gasteiger charge is -2.13. The Balaban J connectivity index is 1.34. The molecule has 82 heavy (non-hydrogen) atoms. The lowest BCUT2D eigenvalue weighted by molar-refractivity contribution is 0.250. The van der Waals surface area contributed by atoms with Gasteiger partial charge in [-0.3, -0.25) is 22.8 Å². The zero-order valence-electron chi connectivity index (χ0n) is 42.2. The number of phenolic OH excluding ortho intramolecular Hbond substituents is 1. The van der Waals surface area contributed by atoms with Crippen LogP contribution in [0.15, 0.2) is 144 Å². The van der Waals surface area contributed by atoms with Crippen LogP contribution in [0.25, 0.3) is 10.8 Å². The molecule has 0 spiro atoms. The Morgan fingerprint density at radius 1 is 0.427 bits per heavy atom. The number of ether oxygens (including phenoxy) is 2. The quantitative estimate of drug-likeness (QED) is 0.0203. The highest BCUT2D eigenvalue weighted by molar-refractivity contribution is 7.93. The fourth-order valence-corrected chi connectivity index (χ4v) is 13.1. The molecule has 0 bridgehead atoms. The Kier molecular flexibility index (Phi) is 18.2. The van der Waals surface area contributed by atoms with E-state index in [1.807, 2.05) is 0 Å². The van der Waals surface area contributed by atoms with E-state index in [9.17, 15) is 77.7 Å². The molecule has 40 heteroatoms. The second-order valence-corrected chi connectivity index (χ2v) is 27.3. The highest BCUT2D eigenvalue weighted by Crippen LogP contribution is 2.48. The van der Waals surface area contributed by atoms with Crippen molar-refractivity contribution >= 4 is 133 Å². The van der Waals surface area contributed by atoms with Crippen molar-refractivity contribution in [2.75, 3.05) is 20.0 Å². The second kappa shape index (κ2) is 23.4. The van der Waals surface area contributed by atoms with E-state index in [0.717, 1.165) is 51.3 Å². The number of methoxy groups -OCH3 is 2. The van der Waals surface area contributed by atoms with E-state index < -0.39 is 129 Å². The van der Waals surface area contributed by atoms with Gasteiger partial charge in [0.15, 0.2) is 16.6 Å². The molecule has 0 saturated carbocycles. The molecule has 0 saturated heterocycles. The van der Waals surface area contributed by atoms with Gasteiger partial charge in [0.25, 0.3) is 30.4 Å². The summed E-state index contributed by atoms with van der Waals surface area (Å²) in [5, 5.41) is 43.1. The molecule has 0 radical (unpaired) electrons. The summed E-state index contributed by atoms with van der Waals surface area (Å²) >= 11 is 0. The molecule has 0 aliphatic carbocycles. The molecule has 6 aromatic carbocycles. The first-order valence-corrected chi connectivity index (χ1v) is 31.9. The number of hydrogen-bond donors (Lipinski definition) is 7. The fraction of sp³-hybridized carbons (Fsp3) is 0.190. The van der Waals surface area contributed by atoms with Gasteiger partial charge in [-0.25, -0.2) is 25.2 Å². The Hall–Kier alpha value is -7.45. The number of fused-ring (bicyclic) bond motifs is 1. The molecule has 2 unspecified atom stereocenters. The minimum Gasteiger partial charge on any atom is -0.505 e. The SMILES string of the molecule is COc1cc(N=Nc2ccc(S(=O)(=O)C(C)OS(=O)(=O)O)cc2S(=O)(=O)O)c(C)cc1N=Nc1c(S(=O)(=O)O)cc2c(N=Nc3cc(C)c(N=Nc4ccc(S(=O)(=O)C(C)OS(=O)(=O)O)cc4S(=O)(=O)O)cc3OC)c(N)ccc2c1O. The lowest BCUT2D eigenvalue weighted by atomic mass is 10.1. The molecule has 8 N–H and O–H groups in total. The summed E-state index contributed by atoms with van der Waals surface area (Å²) in [4.78, 5) is -4.92. The van der Waals surface area contributed by atoms with Crippen LogP contribution in [0.4, 0.5) is 51.2 Å². The molecule has 0 aromatic heterocycles.